The molecule has 96 valence electrons. The van der Waals surface area contributed by atoms with Crippen LogP contribution in [0.15, 0.2) is 4.42 Å². The number of rotatable bonds is 6. The van der Waals surface area contributed by atoms with E-state index in [0.29, 0.717) is 24.4 Å². The number of hydrogen-bond donors (Lipinski definition) is 2. The standard InChI is InChI=1S/C11H20N4O2/c1-2-12-8-10-14-15-11(17-10)13-7-9-3-5-16-6-4-9/h9,12H,2-8H2,1H3,(H,13,15). The first kappa shape index (κ1) is 12.3. The normalized spacial score (nSPS) is 17.2. The molecule has 0 amide bonds. The summed E-state index contributed by atoms with van der Waals surface area (Å²) >= 11 is 0. The van der Waals surface area contributed by atoms with Crippen molar-refractivity contribution < 1.29 is 9.15 Å². The number of hydrogen-bond acceptors (Lipinski definition) is 6. The van der Waals surface area contributed by atoms with E-state index in [0.717, 1.165) is 39.1 Å². The van der Waals surface area contributed by atoms with E-state index >= 15 is 0 Å². The Labute approximate surface area is 101 Å². The van der Waals surface area contributed by atoms with E-state index in [1.165, 1.54) is 0 Å². The van der Waals surface area contributed by atoms with E-state index in [2.05, 4.69) is 20.8 Å². The molecular formula is C11H20N4O2. The van der Waals surface area contributed by atoms with Crippen LogP contribution in [0.25, 0.3) is 0 Å². The van der Waals surface area contributed by atoms with Crippen molar-refractivity contribution in [3.05, 3.63) is 5.89 Å². The van der Waals surface area contributed by atoms with E-state index in [-0.39, 0.29) is 0 Å². The summed E-state index contributed by atoms with van der Waals surface area (Å²) in [5.74, 6) is 1.27. The summed E-state index contributed by atoms with van der Waals surface area (Å²) in [5.41, 5.74) is 0. The van der Waals surface area contributed by atoms with E-state index in [1.54, 1.807) is 0 Å². The Morgan fingerprint density at radius 2 is 2.12 bits per heavy atom. The lowest BCUT2D eigenvalue weighted by Crippen LogP contribution is -2.22. The van der Waals surface area contributed by atoms with Crippen molar-refractivity contribution in [3.8, 4) is 0 Å². The summed E-state index contributed by atoms with van der Waals surface area (Å²) in [4.78, 5) is 0. The minimum absolute atomic E-state index is 0.518. The quantitative estimate of drug-likeness (QED) is 0.773. The maximum atomic E-state index is 5.45. The van der Waals surface area contributed by atoms with Gasteiger partial charge >= 0.3 is 6.01 Å². The molecule has 1 aliphatic rings. The van der Waals surface area contributed by atoms with Gasteiger partial charge in [0.2, 0.25) is 5.89 Å². The van der Waals surface area contributed by atoms with Gasteiger partial charge in [-0.15, -0.1) is 5.10 Å². The lowest BCUT2D eigenvalue weighted by Gasteiger charge is -2.21. The number of aromatic nitrogens is 2. The van der Waals surface area contributed by atoms with Crippen LogP contribution in [0.1, 0.15) is 25.7 Å². The van der Waals surface area contributed by atoms with Gasteiger partial charge in [-0.05, 0) is 25.3 Å². The van der Waals surface area contributed by atoms with E-state index in [9.17, 15) is 0 Å². The molecule has 0 aromatic carbocycles. The van der Waals surface area contributed by atoms with Crippen LogP contribution in [-0.2, 0) is 11.3 Å². The van der Waals surface area contributed by atoms with Gasteiger partial charge < -0.3 is 19.8 Å². The highest BCUT2D eigenvalue weighted by atomic mass is 16.5. The van der Waals surface area contributed by atoms with Crippen molar-refractivity contribution in [1.29, 1.82) is 0 Å². The van der Waals surface area contributed by atoms with Crippen LogP contribution in [0.4, 0.5) is 6.01 Å². The summed E-state index contributed by atoms with van der Waals surface area (Å²) in [6, 6.07) is 0.518. The molecule has 2 N–H and O–H groups in total. The van der Waals surface area contributed by atoms with Crippen LogP contribution in [0.5, 0.6) is 0 Å². The van der Waals surface area contributed by atoms with E-state index in [4.69, 9.17) is 9.15 Å². The Kier molecular flexibility index (Phi) is 4.75. The number of nitrogens with zero attached hydrogens (tertiary/aromatic N) is 2. The molecule has 0 aliphatic carbocycles. The van der Waals surface area contributed by atoms with Gasteiger partial charge in [-0.25, -0.2) is 0 Å². The minimum Gasteiger partial charge on any atom is -0.407 e. The Morgan fingerprint density at radius 3 is 2.88 bits per heavy atom. The minimum atomic E-state index is 0.518. The number of anilines is 1. The van der Waals surface area contributed by atoms with Gasteiger partial charge in [0.05, 0.1) is 6.54 Å². The highest BCUT2D eigenvalue weighted by Crippen LogP contribution is 2.15. The molecule has 1 aromatic rings. The first-order valence-corrected chi connectivity index (χ1v) is 6.23. The van der Waals surface area contributed by atoms with Crippen LogP contribution in [0.2, 0.25) is 0 Å². The van der Waals surface area contributed by atoms with Crippen molar-refractivity contribution in [1.82, 2.24) is 15.5 Å². The predicted octanol–water partition coefficient (Wildman–Crippen LogP) is 1.02. The topological polar surface area (TPSA) is 72.2 Å². The summed E-state index contributed by atoms with van der Waals surface area (Å²) < 4.78 is 10.8. The lowest BCUT2D eigenvalue weighted by atomic mass is 10.0. The highest BCUT2D eigenvalue weighted by Gasteiger charge is 2.14. The van der Waals surface area contributed by atoms with Crippen LogP contribution in [-0.4, -0.2) is 36.5 Å². The Morgan fingerprint density at radius 1 is 1.29 bits per heavy atom. The van der Waals surface area contributed by atoms with E-state index in [1.807, 2.05) is 6.92 Å². The van der Waals surface area contributed by atoms with Gasteiger partial charge in [0.25, 0.3) is 0 Å². The van der Waals surface area contributed by atoms with Crippen molar-refractivity contribution in [3.63, 3.8) is 0 Å². The summed E-state index contributed by atoms with van der Waals surface area (Å²) in [7, 11) is 0. The predicted molar refractivity (Wildman–Crippen MR) is 63.7 cm³/mol. The van der Waals surface area contributed by atoms with Gasteiger partial charge in [0, 0.05) is 19.8 Å². The fourth-order valence-corrected chi connectivity index (χ4v) is 1.81. The maximum absolute atomic E-state index is 5.45. The largest absolute Gasteiger partial charge is 0.407 e. The smallest absolute Gasteiger partial charge is 0.315 e. The van der Waals surface area contributed by atoms with Crippen LogP contribution in [0, 0.1) is 5.92 Å². The molecular weight excluding hydrogens is 220 g/mol. The van der Waals surface area contributed by atoms with Gasteiger partial charge in [0.15, 0.2) is 0 Å². The van der Waals surface area contributed by atoms with Gasteiger partial charge in [-0.3, -0.25) is 0 Å². The Hall–Kier alpha value is -1.14. The second kappa shape index (κ2) is 6.56. The molecule has 1 aromatic heterocycles. The van der Waals surface area contributed by atoms with Gasteiger partial charge in [0.1, 0.15) is 0 Å². The van der Waals surface area contributed by atoms with Crippen molar-refractivity contribution >= 4 is 6.01 Å². The van der Waals surface area contributed by atoms with Gasteiger partial charge in [-0.2, -0.15) is 0 Å². The fraction of sp³-hybridized carbons (Fsp3) is 0.818. The second-order valence-corrected chi connectivity index (χ2v) is 4.22. The molecule has 2 rings (SSSR count). The SMILES string of the molecule is CCNCc1nnc(NCC2CCOCC2)o1. The molecule has 1 fully saturated rings. The third-order valence-corrected chi connectivity index (χ3v) is 2.88. The number of ether oxygens (including phenoxy) is 1. The molecule has 0 saturated carbocycles. The first-order chi connectivity index (χ1) is 8.38. The summed E-state index contributed by atoms with van der Waals surface area (Å²) in [5, 5.41) is 14.2. The number of nitrogens with one attached hydrogen (secondary N) is 2. The summed E-state index contributed by atoms with van der Waals surface area (Å²) in [6.07, 6.45) is 2.21. The Bertz CT molecular complexity index is 323. The van der Waals surface area contributed by atoms with Crippen LogP contribution in [0.3, 0.4) is 0 Å². The average Bonchev–Trinajstić information content (AvgIpc) is 2.83. The second-order valence-electron chi connectivity index (χ2n) is 4.22. The van der Waals surface area contributed by atoms with Crippen LogP contribution < -0.4 is 10.6 Å². The van der Waals surface area contributed by atoms with Crippen molar-refractivity contribution in [2.45, 2.75) is 26.3 Å². The molecule has 17 heavy (non-hydrogen) atoms. The third-order valence-electron chi connectivity index (χ3n) is 2.88. The summed E-state index contributed by atoms with van der Waals surface area (Å²) in [6.45, 7) is 6.17. The average molecular weight is 240 g/mol. The zero-order valence-corrected chi connectivity index (χ0v) is 10.2. The molecule has 0 spiro atoms. The van der Waals surface area contributed by atoms with Crippen molar-refractivity contribution in [2.24, 2.45) is 5.92 Å². The molecule has 6 nitrogen and oxygen atoms in total. The molecule has 6 heteroatoms. The fourth-order valence-electron chi connectivity index (χ4n) is 1.81. The Balaban J connectivity index is 1.72. The molecule has 0 atom stereocenters. The molecule has 0 unspecified atom stereocenters. The monoisotopic (exact) mass is 240 g/mol. The zero-order valence-electron chi connectivity index (χ0n) is 10.2. The van der Waals surface area contributed by atoms with Crippen LogP contribution >= 0.6 is 0 Å². The maximum Gasteiger partial charge on any atom is 0.315 e. The first-order valence-electron chi connectivity index (χ1n) is 6.23. The lowest BCUT2D eigenvalue weighted by molar-refractivity contribution is 0.0698. The molecule has 1 saturated heterocycles. The molecule has 0 radical (unpaired) electrons. The molecule has 2 heterocycles. The van der Waals surface area contributed by atoms with E-state index < -0.39 is 0 Å². The molecule has 0 bridgehead atoms. The van der Waals surface area contributed by atoms with Crippen molar-refractivity contribution in [2.75, 3.05) is 31.6 Å². The zero-order chi connectivity index (χ0) is 11.9. The highest BCUT2D eigenvalue weighted by molar-refractivity contribution is 5.16. The molecule has 1 aliphatic heterocycles. The van der Waals surface area contributed by atoms with Gasteiger partial charge in [-0.1, -0.05) is 12.0 Å². The third kappa shape index (κ3) is 3.98.